The van der Waals surface area contributed by atoms with Crippen molar-refractivity contribution >= 4 is 23.3 Å². The maximum atomic E-state index is 12.8. The van der Waals surface area contributed by atoms with E-state index in [4.69, 9.17) is 4.74 Å². The number of hydrogen-bond donors (Lipinski definition) is 2. The number of piperidine rings is 1. The zero-order valence-corrected chi connectivity index (χ0v) is 14.2. The van der Waals surface area contributed by atoms with E-state index in [1.807, 2.05) is 0 Å². The van der Waals surface area contributed by atoms with Crippen LogP contribution in [0.1, 0.15) is 23.2 Å². The van der Waals surface area contributed by atoms with Gasteiger partial charge < -0.3 is 20.1 Å². The first-order chi connectivity index (χ1) is 11.9. The van der Waals surface area contributed by atoms with Crippen LogP contribution in [0.15, 0.2) is 18.2 Å². The van der Waals surface area contributed by atoms with E-state index in [9.17, 15) is 19.7 Å². The summed E-state index contributed by atoms with van der Waals surface area (Å²) in [5.41, 5.74) is -0.841. The molecule has 0 atom stereocenters. The van der Waals surface area contributed by atoms with Crippen molar-refractivity contribution in [3.05, 3.63) is 33.9 Å². The van der Waals surface area contributed by atoms with E-state index in [0.717, 1.165) is 6.07 Å². The molecule has 1 aromatic carbocycles. The smallest absolute Gasteiger partial charge is 0.338 e. The molecule has 0 aliphatic carbocycles. The third kappa shape index (κ3) is 4.31. The molecule has 0 radical (unpaired) electrons. The van der Waals surface area contributed by atoms with E-state index in [-0.39, 0.29) is 29.5 Å². The van der Waals surface area contributed by atoms with Gasteiger partial charge in [-0.1, -0.05) is 0 Å². The standard InChI is InChI=1S/C16H21N3O6/c1-24-10-16(3-5-17-6-4-16)15(21)18-12-7-11(14(20)25-2)8-13(9-12)19(22)23/h7-9,17H,3-6,10H2,1-2H3,(H,18,21). The summed E-state index contributed by atoms with van der Waals surface area (Å²) in [6.45, 7) is 1.61. The van der Waals surface area contributed by atoms with E-state index in [1.54, 1.807) is 0 Å². The molecule has 9 heteroatoms. The first-order valence-electron chi connectivity index (χ1n) is 7.81. The maximum absolute atomic E-state index is 12.8. The number of nitrogens with zero attached hydrogens (tertiary/aromatic N) is 1. The van der Waals surface area contributed by atoms with Crippen molar-refractivity contribution in [2.75, 3.05) is 39.2 Å². The highest BCUT2D eigenvalue weighted by molar-refractivity contribution is 5.98. The third-order valence-electron chi connectivity index (χ3n) is 4.27. The fraction of sp³-hybridized carbons (Fsp3) is 0.500. The van der Waals surface area contributed by atoms with Gasteiger partial charge in [0.15, 0.2) is 0 Å². The van der Waals surface area contributed by atoms with Crippen LogP contribution in [0.25, 0.3) is 0 Å². The van der Waals surface area contributed by atoms with E-state index in [2.05, 4.69) is 15.4 Å². The van der Waals surface area contributed by atoms with Gasteiger partial charge in [-0.2, -0.15) is 0 Å². The topological polar surface area (TPSA) is 120 Å². The van der Waals surface area contributed by atoms with Gasteiger partial charge in [-0.15, -0.1) is 0 Å². The molecule has 0 unspecified atom stereocenters. The molecule has 136 valence electrons. The number of methoxy groups -OCH3 is 2. The second-order valence-electron chi connectivity index (χ2n) is 5.93. The van der Waals surface area contributed by atoms with Gasteiger partial charge in [0.1, 0.15) is 0 Å². The number of nitro benzene ring substituents is 1. The summed E-state index contributed by atoms with van der Waals surface area (Å²) in [4.78, 5) is 35.0. The van der Waals surface area contributed by atoms with Crippen LogP contribution < -0.4 is 10.6 Å². The Morgan fingerprint density at radius 2 is 1.96 bits per heavy atom. The maximum Gasteiger partial charge on any atom is 0.338 e. The van der Waals surface area contributed by atoms with Gasteiger partial charge in [0.2, 0.25) is 5.91 Å². The predicted octanol–water partition coefficient (Wildman–Crippen LogP) is 1.34. The van der Waals surface area contributed by atoms with Crippen molar-refractivity contribution in [3.8, 4) is 0 Å². The number of hydrogen-bond acceptors (Lipinski definition) is 7. The van der Waals surface area contributed by atoms with Gasteiger partial charge in [-0.05, 0) is 32.0 Å². The minimum absolute atomic E-state index is 0.00176. The van der Waals surface area contributed by atoms with Gasteiger partial charge in [0, 0.05) is 24.9 Å². The van der Waals surface area contributed by atoms with Crippen molar-refractivity contribution < 1.29 is 24.0 Å². The molecule has 0 bridgehead atoms. The highest BCUT2D eigenvalue weighted by Gasteiger charge is 2.39. The second-order valence-corrected chi connectivity index (χ2v) is 5.93. The van der Waals surface area contributed by atoms with Crippen molar-refractivity contribution in [1.82, 2.24) is 5.32 Å². The molecular formula is C16H21N3O6. The Labute approximate surface area is 144 Å². The van der Waals surface area contributed by atoms with Crippen molar-refractivity contribution in [3.63, 3.8) is 0 Å². The summed E-state index contributed by atoms with van der Waals surface area (Å²) >= 11 is 0. The van der Waals surface area contributed by atoms with Gasteiger partial charge >= 0.3 is 5.97 Å². The van der Waals surface area contributed by atoms with Crippen LogP contribution >= 0.6 is 0 Å². The summed E-state index contributed by atoms with van der Waals surface area (Å²) in [5, 5.41) is 17.0. The molecule has 25 heavy (non-hydrogen) atoms. The summed E-state index contributed by atoms with van der Waals surface area (Å²) in [6, 6.07) is 3.68. The molecule has 1 amide bonds. The molecule has 9 nitrogen and oxygen atoms in total. The average molecular weight is 351 g/mol. The van der Waals surface area contributed by atoms with Crippen molar-refractivity contribution in [2.45, 2.75) is 12.8 Å². The second kappa shape index (κ2) is 8.04. The SMILES string of the molecule is COCC1(C(=O)Nc2cc(C(=O)OC)cc([N+](=O)[O-])c2)CCNCC1. The summed E-state index contributed by atoms with van der Waals surface area (Å²) < 4.78 is 9.82. The predicted molar refractivity (Wildman–Crippen MR) is 89.5 cm³/mol. The normalized spacial score (nSPS) is 16.1. The molecule has 1 aliphatic rings. The largest absolute Gasteiger partial charge is 0.465 e. The number of rotatable bonds is 6. The Morgan fingerprint density at radius 1 is 1.28 bits per heavy atom. The molecule has 1 heterocycles. The fourth-order valence-corrected chi connectivity index (χ4v) is 2.91. The number of amides is 1. The Hall–Kier alpha value is -2.52. The van der Waals surface area contributed by atoms with Gasteiger partial charge in [-0.3, -0.25) is 14.9 Å². The van der Waals surface area contributed by atoms with Crippen LogP contribution in [-0.2, 0) is 14.3 Å². The van der Waals surface area contributed by atoms with Gasteiger partial charge in [0.25, 0.3) is 5.69 Å². The molecule has 1 aliphatic heterocycles. The van der Waals surface area contributed by atoms with E-state index >= 15 is 0 Å². The highest BCUT2D eigenvalue weighted by Crippen LogP contribution is 2.31. The summed E-state index contributed by atoms with van der Waals surface area (Å²) in [5.74, 6) is -1.00. The average Bonchev–Trinajstić information content (AvgIpc) is 2.61. The van der Waals surface area contributed by atoms with Crippen molar-refractivity contribution in [1.29, 1.82) is 0 Å². The molecule has 0 spiro atoms. The van der Waals surface area contributed by atoms with E-state index in [0.29, 0.717) is 25.9 Å². The number of anilines is 1. The monoisotopic (exact) mass is 351 g/mol. The molecule has 1 saturated heterocycles. The van der Waals surface area contributed by atoms with Crippen LogP contribution in [0, 0.1) is 15.5 Å². The van der Waals surface area contributed by atoms with Crippen molar-refractivity contribution in [2.24, 2.45) is 5.41 Å². The van der Waals surface area contributed by atoms with Crippen LogP contribution in [-0.4, -0.2) is 50.7 Å². The third-order valence-corrected chi connectivity index (χ3v) is 4.27. The van der Waals surface area contributed by atoms with E-state index < -0.39 is 16.3 Å². The Balaban J connectivity index is 2.30. The number of carbonyl (C=O) groups is 2. The molecule has 0 aromatic heterocycles. The summed E-state index contributed by atoms with van der Waals surface area (Å²) in [7, 11) is 2.71. The molecule has 0 saturated carbocycles. The molecule has 2 N–H and O–H groups in total. The minimum atomic E-state index is -0.715. The first-order valence-corrected chi connectivity index (χ1v) is 7.81. The lowest BCUT2D eigenvalue weighted by molar-refractivity contribution is -0.384. The number of nitrogens with one attached hydrogen (secondary N) is 2. The highest BCUT2D eigenvalue weighted by atomic mass is 16.6. The zero-order valence-electron chi connectivity index (χ0n) is 14.2. The van der Waals surface area contributed by atoms with Crippen LogP contribution in [0.5, 0.6) is 0 Å². The number of ether oxygens (including phenoxy) is 2. The molecule has 1 aromatic rings. The summed E-state index contributed by atoms with van der Waals surface area (Å²) in [6.07, 6.45) is 1.18. The number of benzene rings is 1. The van der Waals surface area contributed by atoms with Crippen LogP contribution in [0.2, 0.25) is 0 Å². The number of non-ortho nitro benzene ring substituents is 1. The number of carbonyl (C=O) groups excluding carboxylic acids is 2. The van der Waals surface area contributed by atoms with Crippen LogP contribution in [0.4, 0.5) is 11.4 Å². The first kappa shape index (κ1) is 18.8. The number of nitro groups is 1. The number of esters is 1. The van der Waals surface area contributed by atoms with Crippen LogP contribution in [0.3, 0.4) is 0 Å². The van der Waals surface area contributed by atoms with E-state index in [1.165, 1.54) is 26.4 Å². The molecular weight excluding hydrogens is 330 g/mol. The van der Waals surface area contributed by atoms with Gasteiger partial charge in [-0.25, -0.2) is 4.79 Å². The quantitative estimate of drug-likeness (QED) is 0.451. The lowest BCUT2D eigenvalue weighted by Gasteiger charge is -2.35. The zero-order chi connectivity index (χ0) is 18.4. The minimum Gasteiger partial charge on any atom is -0.465 e. The Morgan fingerprint density at radius 3 is 2.52 bits per heavy atom. The Kier molecular flexibility index (Phi) is 6.05. The molecule has 2 rings (SSSR count). The fourth-order valence-electron chi connectivity index (χ4n) is 2.91. The molecule has 1 fully saturated rings. The van der Waals surface area contributed by atoms with Gasteiger partial charge in [0.05, 0.1) is 29.6 Å². The lowest BCUT2D eigenvalue weighted by atomic mass is 9.78. The Bertz CT molecular complexity index is 664. The lowest BCUT2D eigenvalue weighted by Crippen LogP contribution is -2.47.